The summed E-state index contributed by atoms with van der Waals surface area (Å²) in [7, 11) is 0. The lowest BCUT2D eigenvalue weighted by Crippen LogP contribution is -2.16. The summed E-state index contributed by atoms with van der Waals surface area (Å²) < 4.78 is 2.19. The summed E-state index contributed by atoms with van der Waals surface area (Å²) in [6.45, 7) is 4.20. The summed E-state index contributed by atoms with van der Waals surface area (Å²) in [5.41, 5.74) is 7.52. The molecule has 2 N–H and O–H groups in total. The standard InChI is InChI=1S/C13H19N5/c1-8-3-5-10(6-4-8)18-7-15-11-12(14)16-9(2)17-13(11)18/h7-8,10H,3-6H2,1-2H3,(H2,14,16,17). The normalized spacial score (nSPS) is 24.6. The molecule has 0 spiro atoms. The number of nitrogens with two attached hydrogens (primary N) is 1. The maximum absolute atomic E-state index is 5.90. The van der Waals surface area contributed by atoms with Gasteiger partial charge >= 0.3 is 0 Å². The van der Waals surface area contributed by atoms with Crippen molar-refractivity contribution < 1.29 is 0 Å². The van der Waals surface area contributed by atoms with E-state index in [4.69, 9.17) is 5.73 Å². The van der Waals surface area contributed by atoms with E-state index in [1.54, 1.807) is 0 Å². The molecule has 0 aromatic carbocycles. The molecule has 5 heteroatoms. The monoisotopic (exact) mass is 245 g/mol. The van der Waals surface area contributed by atoms with Gasteiger partial charge in [-0.3, -0.25) is 0 Å². The first-order valence-corrected chi connectivity index (χ1v) is 6.62. The van der Waals surface area contributed by atoms with Crippen molar-refractivity contribution in [2.45, 2.75) is 45.6 Å². The molecule has 2 aromatic rings. The van der Waals surface area contributed by atoms with Crippen molar-refractivity contribution in [1.82, 2.24) is 19.5 Å². The van der Waals surface area contributed by atoms with Crippen LogP contribution in [-0.4, -0.2) is 19.5 Å². The van der Waals surface area contributed by atoms with Crippen LogP contribution in [0.4, 0.5) is 5.82 Å². The van der Waals surface area contributed by atoms with E-state index < -0.39 is 0 Å². The average molecular weight is 245 g/mol. The van der Waals surface area contributed by atoms with Gasteiger partial charge in [-0.25, -0.2) is 15.0 Å². The number of nitrogen functional groups attached to an aromatic ring is 1. The van der Waals surface area contributed by atoms with Crippen LogP contribution >= 0.6 is 0 Å². The van der Waals surface area contributed by atoms with Crippen molar-refractivity contribution in [2.75, 3.05) is 5.73 Å². The van der Waals surface area contributed by atoms with E-state index in [0.717, 1.165) is 17.1 Å². The summed E-state index contributed by atoms with van der Waals surface area (Å²) in [6.07, 6.45) is 6.84. The molecule has 0 unspecified atom stereocenters. The van der Waals surface area contributed by atoms with Crippen molar-refractivity contribution in [3.8, 4) is 0 Å². The number of anilines is 1. The summed E-state index contributed by atoms with van der Waals surface area (Å²) in [5, 5.41) is 0. The number of aromatic nitrogens is 4. The van der Waals surface area contributed by atoms with Crippen LogP contribution in [0.3, 0.4) is 0 Å². The largest absolute Gasteiger partial charge is 0.382 e. The lowest BCUT2D eigenvalue weighted by molar-refractivity contribution is 0.293. The van der Waals surface area contributed by atoms with Gasteiger partial charge in [0.1, 0.15) is 11.3 Å². The fourth-order valence-corrected chi connectivity index (χ4v) is 2.84. The van der Waals surface area contributed by atoms with E-state index in [1.165, 1.54) is 25.7 Å². The Kier molecular flexibility index (Phi) is 2.69. The SMILES string of the molecule is Cc1nc(N)c2ncn(C3CCC(C)CC3)c2n1. The minimum absolute atomic E-state index is 0.487. The Morgan fingerprint density at radius 1 is 1.22 bits per heavy atom. The third-order valence-electron chi connectivity index (χ3n) is 3.94. The summed E-state index contributed by atoms with van der Waals surface area (Å²) in [4.78, 5) is 13.0. The van der Waals surface area contributed by atoms with Crippen LogP contribution in [0.2, 0.25) is 0 Å². The Morgan fingerprint density at radius 2 is 1.94 bits per heavy atom. The highest BCUT2D eigenvalue weighted by atomic mass is 15.2. The van der Waals surface area contributed by atoms with E-state index in [2.05, 4.69) is 26.4 Å². The molecule has 3 rings (SSSR count). The highest BCUT2D eigenvalue weighted by Gasteiger charge is 2.22. The molecule has 2 heterocycles. The third-order valence-corrected chi connectivity index (χ3v) is 3.94. The van der Waals surface area contributed by atoms with E-state index in [0.29, 0.717) is 17.7 Å². The van der Waals surface area contributed by atoms with Crippen molar-refractivity contribution in [3.05, 3.63) is 12.2 Å². The first-order chi connectivity index (χ1) is 8.65. The second-order valence-electron chi connectivity index (χ2n) is 5.39. The number of rotatable bonds is 1. The average Bonchev–Trinajstić information content (AvgIpc) is 2.74. The van der Waals surface area contributed by atoms with E-state index in [9.17, 15) is 0 Å². The molecule has 0 bridgehead atoms. The molecular formula is C13H19N5. The zero-order chi connectivity index (χ0) is 12.7. The molecule has 5 nitrogen and oxygen atoms in total. The third kappa shape index (κ3) is 1.83. The van der Waals surface area contributed by atoms with E-state index >= 15 is 0 Å². The number of fused-ring (bicyclic) bond motifs is 1. The minimum Gasteiger partial charge on any atom is -0.382 e. The Bertz CT molecular complexity index is 566. The van der Waals surface area contributed by atoms with Gasteiger partial charge in [-0.2, -0.15) is 0 Å². The van der Waals surface area contributed by atoms with Gasteiger partial charge in [0.2, 0.25) is 0 Å². The summed E-state index contributed by atoms with van der Waals surface area (Å²) in [6, 6.07) is 0.514. The Balaban J connectivity index is 2.02. The summed E-state index contributed by atoms with van der Waals surface area (Å²) >= 11 is 0. The number of nitrogens with zero attached hydrogens (tertiary/aromatic N) is 4. The molecule has 2 aromatic heterocycles. The van der Waals surface area contributed by atoms with Gasteiger partial charge in [0.25, 0.3) is 0 Å². The molecule has 0 radical (unpaired) electrons. The van der Waals surface area contributed by atoms with Crippen molar-refractivity contribution in [1.29, 1.82) is 0 Å². The highest BCUT2D eigenvalue weighted by Crippen LogP contribution is 2.33. The van der Waals surface area contributed by atoms with E-state index in [1.807, 2.05) is 13.3 Å². The Labute approximate surface area is 106 Å². The smallest absolute Gasteiger partial charge is 0.166 e. The van der Waals surface area contributed by atoms with Gasteiger partial charge in [-0.1, -0.05) is 6.92 Å². The lowest BCUT2D eigenvalue weighted by Gasteiger charge is -2.27. The zero-order valence-electron chi connectivity index (χ0n) is 10.9. The van der Waals surface area contributed by atoms with Crippen molar-refractivity contribution in [2.24, 2.45) is 5.92 Å². The molecule has 0 saturated heterocycles. The molecule has 1 aliphatic carbocycles. The maximum atomic E-state index is 5.90. The van der Waals surface area contributed by atoms with Crippen LogP contribution in [0, 0.1) is 12.8 Å². The van der Waals surface area contributed by atoms with Crippen LogP contribution in [0.15, 0.2) is 6.33 Å². The predicted molar refractivity (Wildman–Crippen MR) is 71.1 cm³/mol. The minimum atomic E-state index is 0.487. The first kappa shape index (κ1) is 11.4. The van der Waals surface area contributed by atoms with Gasteiger partial charge in [0.15, 0.2) is 11.5 Å². The fourth-order valence-electron chi connectivity index (χ4n) is 2.84. The van der Waals surface area contributed by atoms with Gasteiger partial charge in [-0.15, -0.1) is 0 Å². The van der Waals surface area contributed by atoms with Crippen LogP contribution in [-0.2, 0) is 0 Å². The van der Waals surface area contributed by atoms with Gasteiger partial charge in [-0.05, 0) is 38.5 Å². The molecule has 1 aliphatic rings. The molecule has 0 aliphatic heterocycles. The number of aryl methyl sites for hydroxylation is 1. The molecule has 0 amide bonds. The highest BCUT2D eigenvalue weighted by molar-refractivity contribution is 5.81. The number of hydrogen-bond acceptors (Lipinski definition) is 4. The predicted octanol–water partition coefficient (Wildman–Crippen LogP) is 2.47. The van der Waals surface area contributed by atoms with Crippen LogP contribution in [0.5, 0.6) is 0 Å². The van der Waals surface area contributed by atoms with Gasteiger partial charge < -0.3 is 10.3 Å². The van der Waals surface area contributed by atoms with Crippen molar-refractivity contribution in [3.63, 3.8) is 0 Å². The van der Waals surface area contributed by atoms with Gasteiger partial charge in [0.05, 0.1) is 6.33 Å². The van der Waals surface area contributed by atoms with E-state index in [-0.39, 0.29) is 0 Å². The quantitative estimate of drug-likeness (QED) is 0.838. The molecule has 0 atom stereocenters. The molecule has 96 valence electrons. The second kappa shape index (κ2) is 4.23. The molecule has 18 heavy (non-hydrogen) atoms. The number of imidazole rings is 1. The first-order valence-electron chi connectivity index (χ1n) is 6.62. The van der Waals surface area contributed by atoms with Crippen molar-refractivity contribution >= 4 is 17.0 Å². The van der Waals surface area contributed by atoms with Crippen LogP contribution in [0.1, 0.15) is 44.5 Å². The van der Waals surface area contributed by atoms with Crippen LogP contribution in [0.25, 0.3) is 11.2 Å². The van der Waals surface area contributed by atoms with Crippen LogP contribution < -0.4 is 5.73 Å². The van der Waals surface area contributed by atoms with Gasteiger partial charge in [0, 0.05) is 6.04 Å². The second-order valence-corrected chi connectivity index (χ2v) is 5.39. The topological polar surface area (TPSA) is 69.6 Å². The summed E-state index contributed by atoms with van der Waals surface area (Å²) in [5.74, 6) is 2.05. The lowest BCUT2D eigenvalue weighted by atomic mass is 9.87. The zero-order valence-corrected chi connectivity index (χ0v) is 10.9. The maximum Gasteiger partial charge on any atom is 0.166 e. The molecule has 1 saturated carbocycles. The number of hydrogen-bond donors (Lipinski definition) is 1. The molecule has 1 fully saturated rings. The fraction of sp³-hybridized carbons (Fsp3) is 0.615. The Morgan fingerprint density at radius 3 is 2.67 bits per heavy atom. The molecular weight excluding hydrogens is 226 g/mol. The Hall–Kier alpha value is -1.65.